The Morgan fingerprint density at radius 1 is 1.00 bits per heavy atom. The number of carboxylic acid groups (broad SMARTS) is 1. The Hall–Kier alpha value is -4.39. The number of carbonyl (C=O) groups excluding carboxylic acids is 2. The summed E-state index contributed by atoms with van der Waals surface area (Å²) in [6, 6.07) is 20.8. The predicted octanol–water partition coefficient (Wildman–Crippen LogP) is 4.37. The van der Waals surface area contributed by atoms with Crippen molar-refractivity contribution in [2.45, 2.75) is 20.1 Å². The molecule has 7 heteroatoms. The van der Waals surface area contributed by atoms with Crippen LogP contribution in [0.4, 0.5) is 4.79 Å². The summed E-state index contributed by atoms with van der Waals surface area (Å²) in [6.07, 6.45) is 1.60. The molecule has 0 aliphatic carbocycles. The van der Waals surface area contributed by atoms with E-state index in [4.69, 9.17) is 9.84 Å². The van der Waals surface area contributed by atoms with Crippen molar-refractivity contribution in [3.8, 4) is 5.75 Å². The van der Waals surface area contributed by atoms with E-state index in [1.54, 1.807) is 30.3 Å². The molecule has 0 aromatic heterocycles. The number of para-hydroxylation sites is 1. The lowest BCUT2D eigenvalue weighted by atomic mass is 10.1. The van der Waals surface area contributed by atoms with Crippen molar-refractivity contribution in [1.82, 2.24) is 10.2 Å². The fraction of sp³-hybridized carbons (Fsp3) is 0.115. The Morgan fingerprint density at radius 3 is 2.48 bits per heavy atom. The number of urea groups is 1. The first-order chi connectivity index (χ1) is 15.9. The molecule has 0 unspecified atom stereocenters. The normalized spacial score (nSPS) is 14.5. The van der Waals surface area contributed by atoms with Gasteiger partial charge >= 0.3 is 12.0 Å². The molecule has 3 amide bonds. The molecule has 0 bridgehead atoms. The highest BCUT2D eigenvalue weighted by molar-refractivity contribution is 6.14. The van der Waals surface area contributed by atoms with Gasteiger partial charge in [0.2, 0.25) is 0 Å². The second-order valence-corrected chi connectivity index (χ2v) is 7.70. The number of benzene rings is 3. The van der Waals surface area contributed by atoms with E-state index in [-0.39, 0.29) is 24.4 Å². The Bertz CT molecular complexity index is 1250. The van der Waals surface area contributed by atoms with E-state index in [9.17, 15) is 14.4 Å². The summed E-state index contributed by atoms with van der Waals surface area (Å²) in [5.74, 6) is -0.855. The highest BCUT2D eigenvalue weighted by Crippen LogP contribution is 2.24. The molecule has 33 heavy (non-hydrogen) atoms. The molecule has 3 aromatic rings. The number of imide groups is 1. The van der Waals surface area contributed by atoms with Gasteiger partial charge in [0.15, 0.2) is 0 Å². The van der Waals surface area contributed by atoms with Gasteiger partial charge in [0.05, 0.1) is 12.1 Å². The second kappa shape index (κ2) is 9.40. The van der Waals surface area contributed by atoms with Crippen LogP contribution in [-0.4, -0.2) is 27.9 Å². The van der Waals surface area contributed by atoms with Crippen LogP contribution in [0.5, 0.6) is 5.75 Å². The zero-order valence-corrected chi connectivity index (χ0v) is 17.9. The van der Waals surface area contributed by atoms with Crippen LogP contribution in [-0.2, 0) is 17.9 Å². The lowest BCUT2D eigenvalue weighted by Crippen LogP contribution is -2.30. The lowest BCUT2D eigenvalue weighted by molar-refractivity contribution is -0.123. The van der Waals surface area contributed by atoms with Crippen molar-refractivity contribution >= 4 is 24.0 Å². The standard InChI is InChI=1S/C26H22N2O5/c1-17-5-4-6-19(13-17)15-28-24(29)22(27-26(28)32)14-21-7-2-3-8-23(21)33-16-18-9-11-20(12-10-18)25(30)31/h2-14H,15-16H2,1H3,(H,27,32)(H,30,31)/b22-14+. The Balaban J connectivity index is 1.49. The predicted molar refractivity (Wildman–Crippen MR) is 122 cm³/mol. The summed E-state index contributed by atoms with van der Waals surface area (Å²) in [4.78, 5) is 37.5. The smallest absolute Gasteiger partial charge is 0.335 e. The molecule has 1 fully saturated rings. The molecule has 0 saturated carbocycles. The van der Waals surface area contributed by atoms with Crippen molar-refractivity contribution in [1.29, 1.82) is 0 Å². The molecule has 0 radical (unpaired) electrons. The summed E-state index contributed by atoms with van der Waals surface area (Å²) in [7, 11) is 0. The second-order valence-electron chi connectivity index (χ2n) is 7.70. The van der Waals surface area contributed by atoms with Crippen LogP contribution < -0.4 is 10.1 Å². The Labute approximate surface area is 190 Å². The van der Waals surface area contributed by atoms with Crippen molar-refractivity contribution in [3.05, 3.63) is 106 Å². The zero-order valence-electron chi connectivity index (χ0n) is 17.9. The van der Waals surface area contributed by atoms with E-state index < -0.39 is 17.9 Å². The highest BCUT2D eigenvalue weighted by atomic mass is 16.5. The van der Waals surface area contributed by atoms with Gasteiger partial charge in [0.1, 0.15) is 18.1 Å². The number of rotatable bonds is 7. The van der Waals surface area contributed by atoms with Crippen LogP contribution in [0.1, 0.15) is 32.6 Å². The van der Waals surface area contributed by atoms with Gasteiger partial charge in [-0.25, -0.2) is 9.59 Å². The fourth-order valence-electron chi connectivity index (χ4n) is 3.50. The molecule has 4 rings (SSSR count). The van der Waals surface area contributed by atoms with Gasteiger partial charge in [-0.05, 0) is 42.3 Å². The quantitative estimate of drug-likeness (QED) is 0.419. The first-order valence-corrected chi connectivity index (χ1v) is 10.3. The topological polar surface area (TPSA) is 95.9 Å². The number of nitrogens with zero attached hydrogens (tertiary/aromatic N) is 1. The summed E-state index contributed by atoms with van der Waals surface area (Å²) < 4.78 is 5.90. The Kier molecular flexibility index (Phi) is 6.22. The van der Waals surface area contributed by atoms with Gasteiger partial charge < -0.3 is 15.2 Å². The van der Waals surface area contributed by atoms with Crippen molar-refractivity contribution < 1.29 is 24.2 Å². The van der Waals surface area contributed by atoms with Gasteiger partial charge in [0, 0.05) is 5.56 Å². The minimum atomic E-state index is -0.987. The van der Waals surface area contributed by atoms with Crippen LogP contribution in [0.2, 0.25) is 0 Å². The van der Waals surface area contributed by atoms with Crippen LogP contribution in [0, 0.1) is 6.92 Å². The van der Waals surface area contributed by atoms with E-state index in [2.05, 4.69) is 5.32 Å². The molecule has 1 saturated heterocycles. The minimum absolute atomic E-state index is 0.175. The first kappa shape index (κ1) is 21.8. The van der Waals surface area contributed by atoms with E-state index in [1.165, 1.54) is 17.0 Å². The van der Waals surface area contributed by atoms with E-state index >= 15 is 0 Å². The number of aryl methyl sites for hydroxylation is 1. The fourth-order valence-corrected chi connectivity index (χ4v) is 3.50. The van der Waals surface area contributed by atoms with Gasteiger partial charge in [-0.1, -0.05) is 60.2 Å². The monoisotopic (exact) mass is 442 g/mol. The van der Waals surface area contributed by atoms with Crippen molar-refractivity contribution in [2.24, 2.45) is 0 Å². The third kappa shape index (κ3) is 5.10. The summed E-state index contributed by atoms with van der Waals surface area (Å²) in [6.45, 7) is 2.37. The van der Waals surface area contributed by atoms with Gasteiger partial charge in [0.25, 0.3) is 5.91 Å². The summed E-state index contributed by atoms with van der Waals surface area (Å²) in [5, 5.41) is 11.7. The maximum atomic E-state index is 12.9. The van der Waals surface area contributed by atoms with Crippen molar-refractivity contribution in [3.63, 3.8) is 0 Å². The summed E-state index contributed by atoms with van der Waals surface area (Å²) >= 11 is 0. The molecule has 2 N–H and O–H groups in total. The van der Waals surface area contributed by atoms with Crippen LogP contribution in [0.25, 0.3) is 6.08 Å². The number of ether oxygens (including phenoxy) is 1. The molecule has 0 spiro atoms. The number of hydrogen-bond acceptors (Lipinski definition) is 4. The lowest BCUT2D eigenvalue weighted by Gasteiger charge is -2.12. The average molecular weight is 442 g/mol. The number of carboxylic acids is 1. The first-order valence-electron chi connectivity index (χ1n) is 10.3. The van der Waals surface area contributed by atoms with Crippen LogP contribution in [0.15, 0.2) is 78.5 Å². The number of amides is 3. The van der Waals surface area contributed by atoms with E-state index in [1.807, 2.05) is 43.3 Å². The molecule has 166 valence electrons. The number of nitrogens with one attached hydrogen (secondary N) is 1. The molecule has 0 atom stereocenters. The van der Waals surface area contributed by atoms with Crippen LogP contribution in [0.3, 0.4) is 0 Å². The third-order valence-electron chi connectivity index (χ3n) is 5.20. The van der Waals surface area contributed by atoms with E-state index in [0.29, 0.717) is 11.3 Å². The highest BCUT2D eigenvalue weighted by Gasteiger charge is 2.33. The number of hydrogen-bond donors (Lipinski definition) is 2. The summed E-state index contributed by atoms with van der Waals surface area (Å²) in [5.41, 5.74) is 3.75. The van der Waals surface area contributed by atoms with Gasteiger partial charge in [-0.2, -0.15) is 0 Å². The molecular weight excluding hydrogens is 420 g/mol. The molecule has 3 aromatic carbocycles. The molecule has 1 aliphatic heterocycles. The molecule has 1 heterocycles. The maximum absolute atomic E-state index is 12.9. The van der Waals surface area contributed by atoms with Gasteiger partial charge in [-0.15, -0.1) is 0 Å². The Morgan fingerprint density at radius 2 is 1.76 bits per heavy atom. The van der Waals surface area contributed by atoms with Gasteiger partial charge in [-0.3, -0.25) is 9.69 Å². The number of carbonyl (C=O) groups is 3. The van der Waals surface area contributed by atoms with E-state index in [0.717, 1.165) is 16.7 Å². The SMILES string of the molecule is Cc1cccc(CN2C(=O)N/C(=C/c3ccccc3OCc3ccc(C(=O)O)cc3)C2=O)c1. The minimum Gasteiger partial charge on any atom is -0.488 e. The molecule has 7 nitrogen and oxygen atoms in total. The maximum Gasteiger partial charge on any atom is 0.335 e. The third-order valence-corrected chi connectivity index (χ3v) is 5.20. The van der Waals surface area contributed by atoms with Crippen molar-refractivity contribution in [2.75, 3.05) is 0 Å². The molecular formula is C26H22N2O5. The number of aromatic carboxylic acids is 1. The zero-order chi connectivity index (χ0) is 23.4. The largest absolute Gasteiger partial charge is 0.488 e. The van der Waals surface area contributed by atoms with Crippen LogP contribution >= 0.6 is 0 Å². The average Bonchev–Trinajstić information content (AvgIpc) is 3.06. The molecule has 1 aliphatic rings.